The van der Waals surface area contributed by atoms with Crippen molar-refractivity contribution < 1.29 is 14.3 Å². The molecular weight excluding hydrogens is 352 g/mol. The maximum atomic E-state index is 12.1. The van der Waals surface area contributed by atoms with Gasteiger partial charge in [0.25, 0.3) is 0 Å². The second kappa shape index (κ2) is 11.2. The van der Waals surface area contributed by atoms with Crippen LogP contribution in [0.15, 0.2) is 30.3 Å². The Morgan fingerprint density at radius 2 is 1.77 bits per heavy atom. The van der Waals surface area contributed by atoms with E-state index in [9.17, 15) is 9.59 Å². The first-order valence-corrected chi connectivity index (χ1v) is 9.60. The number of nitrogens with zero attached hydrogens (tertiary/aromatic N) is 2. The van der Waals surface area contributed by atoms with Gasteiger partial charge in [0.05, 0.1) is 6.61 Å². The van der Waals surface area contributed by atoms with Crippen LogP contribution in [-0.2, 0) is 4.74 Å². The lowest BCUT2D eigenvalue weighted by Gasteiger charge is -2.07. The number of benzene rings is 1. The summed E-state index contributed by atoms with van der Waals surface area (Å²) in [5.41, 5.74) is 0.680. The summed E-state index contributed by atoms with van der Waals surface area (Å²) < 4.78 is 8.96. The third kappa shape index (κ3) is 6.79. The number of para-hydroxylation sites is 1. The van der Waals surface area contributed by atoms with E-state index < -0.39 is 12.0 Å². The molecule has 1 aromatic heterocycles. The zero-order valence-electron chi connectivity index (χ0n) is 14.9. The van der Waals surface area contributed by atoms with Crippen molar-refractivity contribution in [3.05, 3.63) is 36.0 Å². The molecule has 26 heavy (non-hydrogen) atoms. The van der Waals surface area contributed by atoms with Gasteiger partial charge in [-0.15, -0.1) is 5.10 Å². The molecule has 2 amide bonds. The van der Waals surface area contributed by atoms with Gasteiger partial charge in [-0.1, -0.05) is 61.7 Å². The largest absolute Gasteiger partial charge is 0.461 e. The number of carbonyl (C=O) groups excluding carboxylic acids is 2. The molecule has 0 fully saturated rings. The molecule has 0 unspecified atom stereocenters. The average Bonchev–Trinajstić information content (AvgIpc) is 3.09. The highest BCUT2D eigenvalue weighted by Gasteiger charge is 2.19. The number of esters is 1. The van der Waals surface area contributed by atoms with Crippen molar-refractivity contribution in [2.24, 2.45) is 0 Å². The van der Waals surface area contributed by atoms with Crippen LogP contribution in [0, 0.1) is 0 Å². The summed E-state index contributed by atoms with van der Waals surface area (Å²) >= 11 is 0.936. The number of rotatable bonds is 10. The molecule has 0 spiro atoms. The molecule has 7 nitrogen and oxygen atoms in total. The Labute approximate surface area is 157 Å². The Hall–Kier alpha value is -2.48. The van der Waals surface area contributed by atoms with Gasteiger partial charge in [-0.2, -0.15) is 0 Å². The van der Waals surface area contributed by atoms with E-state index in [0.29, 0.717) is 12.3 Å². The van der Waals surface area contributed by atoms with E-state index in [2.05, 4.69) is 27.1 Å². The normalized spacial score (nSPS) is 10.3. The quantitative estimate of drug-likeness (QED) is 0.463. The second-order valence-corrected chi connectivity index (χ2v) is 6.55. The summed E-state index contributed by atoms with van der Waals surface area (Å²) in [5, 5.41) is 9.30. The Morgan fingerprint density at radius 1 is 1.04 bits per heavy atom. The Kier molecular flexibility index (Phi) is 8.54. The molecule has 0 aliphatic carbocycles. The number of unbranched alkanes of at least 4 members (excludes halogenated alkanes) is 5. The number of hydrogen-bond acceptors (Lipinski definition) is 6. The number of amides is 2. The molecule has 2 aromatic rings. The lowest BCUT2D eigenvalue weighted by atomic mass is 10.1. The number of nitrogens with one attached hydrogen (secondary N) is 2. The molecule has 0 bridgehead atoms. The van der Waals surface area contributed by atoms with Crippen molar-refractivity contribution in [1.82, 2.24) is 9.59 Å². The highest BCUT2D eigenvalue weighted by Crippen LogP contribution is 2.19. The molecule has 2 N–H and O–H groups in total. The maximum Gasteiger partial charge on any atom is 0.362 e. The third-order valence-electron chi connectivity index (χ3n) is 3.67. The zero-order chi connectivity index (χ0) is 18.6. The minimum Gasteiger partial charge on any atom is -0.461 e. The Balaban J connectivity index is 1.76. The zero-order valence-corrected chi connectivity index (χ0v) is 15.7. The van der Waals surface area contributed by atoms with E-state index in [1.807, 2.05) is 18.2 Å². The minimum absolute atomic E-state index is 0.0317. The Bertz CT molecular complexity index is 691. The van der Waals surface area contributed by atoms with Crippen LogP contribution in [0.4, 0.5) is 15.5 Å². The van der Waals surface area contributed by atoms with Gasteiger partial charge in [0, 0.05) is 17.2 Å². The standard InChI is InChI=1S/C18H24N4O3S/c1-2-3-4-5-6-10-13-25-17(23)15-16(26-22-21-15)20-18(24)19-14-11-8-7-9-12-14/h7-9,11-12H,2-6,10,13H2,1H3,(H2,19,20,24). The second-order valence-electron chi connectivity index (χ2n) is 5.80. The van der Waals surface area contributed by atoms with Crippen LogP contribution < -0.4 is 10.6 Å². The molecule has 0 atom stereocenters. The molecule has 0 saturated carbocycles. The van der Waals surface area contributed by atoms with Gasteiger partial charge in [0.2, 0.25) is 5.69 Å². The van der Waals surface area contributed by atoms with Crippen molar-refractivity contribution in [3.63, 3.8) is 0 Å². The number of carbonyl (C=O) groups is 2. The third-order valence-corrected chi connectivity index (χ3v) is 4.31. The van der Waals surface area contributed by atoms with E-state index in [0.717, 1.165) is 30.8 Å². The molecular formula is C18H24N4O3S. The lowest BCUT2D eigenvalue weighted by Crippen LogP contribution is -2.20. The Morgan fingerprint density at radius 3 is 2.54 bits per heavy atom. The highest BCUT2D eigenvalue weighted by molar-refractivity contribution is 7.10. The molecule has 2 rings (SSSR count). The van der Waals surface area contributed by atoms with Gasteiger partial charge in [-0.3, -0.25) is 5.32 Å². The summed E-state index contributed by atoms with van der Waals surface area (Å²) in [6.07, 6.45) is 6.67. The minimum atomic E-state index is -0.567. The van der Waals surface area contributed by atoms with Crippen LogP contribution in [0.2, 0.25) is 0 Å². The first kappa shape index (κ1) is 19.8. The molecule has 8 heteroatoms. The average molecular weight is 376 g/mol. The van der Waals surface area contributed by atoms with Crippen LogP contribution in [0.1, 0.15) is 55.9 Å². The van der Waals surface area contributed by atoms with E-state index in [4.69, 9.17) is 4.74 Å². The molecule has 0 saturated heterocycles. The van der Waals surface area contributed by atoms with Gasteiger partial charge in [-0.25, -0.2) is 9.59 Å². The van der Waals surface area contributed by atoms with E-state index >= 15 is 0 Å². The van der Waals surface area contributed by atoms with E-state index in [1.54, 1.807) is 12.1 Å². The van der Waals surface area contributed by atoms with Gasteiger partial charge < -0.3 is 10.1 Å². The summed E-state index contributed by atoms with van der Waals surface area (Å²) in [4.78, 5) is 24.1. The molecule has 0 aliphatic rings. The van der Waals surface area contributed by atoms with Crippen LogP contribution in [0.3, 0.4) is 0 Å². The van der Waals surface area contributed by atoms with Crippen molar-refractivity contribution in [2.45, 2.75) is 45.4 Å². The maximum absolute atomic E-state index is 12.1. The first-order chi connectivity index (χ1) is 12.7. The van der Waals surface area contributed by atoms with E-state index in [-0.39, 0.29) is 10.7 Å². The molecule has 1 aromatic carbocycles. The highest BCUT2D eigenvalue weighted by atomic mass is 32.1. The number of hydrogen-bond donors (Lipinski definition) is 2. The van der Waals surface area contributed by atoms with Gasteiger partial charge >= 0.3 is 12.0 Å². The van der Waals surface area contributed by atoms with Crippen LogP contribution in [0.25, 0.3) is 0 Å². The van der Waals surface area contributed by atoms with Gasteiger partial charge in [-0.05, 0) is 18.6 Å². The SMILES string of the molecule is CCCCCCCCOC(=O)c1nnsc1NC(=O)Nc1ccccc1. The van der Waals surface area contributed by atoms with E-state index in [1.165, 1.54) is 19.3 Å². The molecule has 1 heterocycles. The summed E-state index contributed by atoms with van der Waals surface area (Å²) in [6.45, 7) is 2.52. The summed E-state index contributed by atoms with van der Waals surface area (Å²) in [6, 6.07) is 8.55. The van der Waals surface area contributed by atoms with Crippen molar-refractivity contribution in [2.75, 3.05) is 17.2 Å². The summed E-state index contributed by atoms with van der Waals surface area (Å²) in [7, 11) is 0. The summed E-state index contributed by atoms with van der Waals surface area (Å²) in [5.74, 6) is -0.567. The monoisotopic (exact) mass is 376 g/mol. The van der Waals surface area contributed by atoms with Crippen LogP contribution >= 0.6 is 11.5 Å². The van der Waals surface area contributed by atoms with Gasteiger partial charge in [0.15, 0.2) is 5.00 Å². The van der Waals surface area contributed by atoms with Crippen LogP contribution in [-0.4, -0.2) is 28.2 Å². The van der Waals surface area contributed by atoms with Crippen molar-refractivity contribution in [1.29, 1.82) is 0 Å². The van der Waals surface area contributed by atoms with Crippen molar-refractivity contribution in [3.8, 4) is 0 Å². The van der Waals surface area contributed by atoms with Crippen molar-refractivity contribution >= 4 is 34.2 Å². The number of aromatic nitrogens is 2. The fourth-order valence-corrected chi connectivity index (χ4v) is 2.86. The molecule has 0 radical (unpaired) electrons. The molecule has 140 valence electrons. The first-order valence-electron chi connectivity index (χ1n) is 8.83. The molecule has 0 aliphatic heterocycles. The number of urea groups is 1. The smallest absolute Gasteiger partial charge is 0.362 e. The fourth-order valence-electron chi connectivity index (χ4n) is 2.31. The lowest BCUT2D eigenvalue weighted by molar-refractivity contribution is 0.0492. The topological polar surface area (TPSA) is 93.2 Å². The van der Waals surface area contributed by atoms with Crippen LogP contribution in [0.5, 0.6) is 0 Å². The predicted octanol–water partition coefficient (Wildman–Crippen LogP) is 4.70. The fraction of sp³-hybridized carbons (Fsp3) is 0.444. The predicted molar refractivity (Wildman–Crippen MR) is 103 cm³/mol. The number of anilines is 2. The number of ether oxygens (including phenoxy) is 1. The van der Waals surface area contributed by atoms with Gasteiger partial charge in [0.1, 0.15) is 0 Å².